The molecule has 5 nitrogen and oxygen atoms in total. The highest BCUT2D eigenvalue weighted by atomic mass is 19.4. The molecule has 1 aliphatic rings. The minimum atomic E-state index is -4.58. The summed E-state index contributed by atoms with van der Waals surface area (Å²) in [6, 6.07) is 4.69. The van der Waals surface area contributed by atoms with E-state index in [1.807, 2.05) is 11.9 Å². The van der Waals surface area contributed by atoms with Gasteiger partial charge in [0.1, 0.15) is 0 Å². The molecule has 0 bridgehead atoms. The lowest BCUT2D eigenvalue weighted by Gasteiger charge is -2.25. The Hall–Kier alpha value is -2.09. The van der Waals surface area contributed by atoms with Gasteiger partial charge in [-0.15, -0.1) is 0 Å². The minimum Gasteiger partial charge on any atom is -0.469 e. The third kappa shape index (κ3) is 4.72. The molecule has 0 aromatic heterocycles. The average molecular weight is 358 g/mol. The molecule has 8 heteroatoms. The minimum absolute atomic E-state index is 0.0109. The van der Waals surface area contributed by atoms with E-state index in [-0.39, 0.29) is 36.6 Å². The number of nitrogens with one attached hydrogen (secondary N) is 1. The van der Waals surface area contributed by atoms with Crippen molar-refractivity contribution >= 4 is 11.9 Å². The van der Waals surface area contributed by atoms with Crippen LogP contribution in [0, 0.1) is 0 Å². The van der Waals surface area contributed by atoms with Crippen LogP contribution in [-0.2, 0) is 15.7 Å². The molecule has 0 unspecified atom stereocenters. The molecule has 1 heterocycles. The Balaban J connectivity index is 1.96. The fraction of sp³-hybridized carbons (Fsp3) is 0.529. The molecule has 25 heavy (non-hydrogen) atoms. The molecular weight excluding hydrogens is 337 g/mol. The largest absolute Gasteiger partial charge is 0.469 e. The Labute approximate surface area is 144 Å². The van der Waals surface area contributed by atoms with Crippen LogP contribution in [0.5, 0.6) is 0 Å². The number of esters is 1. The van der Waals surface area contributed by atoms with Crippen LogP contribution in [0.4, 0.5) is 13.2 Å². The predicted octanol–water partition coefficient (Wildman–Crippen LogP) is 2.46. The van der Waals surface area contributed by atoms with E-state index in [4.69, 9.17) is 0 Å². The third-order valence-electron chi connectivity index (χ3n) is 4.59. The van der Waals surface area contributed by atoms with Crippen LogP contribution in [0.25, 0.3) is 0 Å². The summed E-state index contributed by atoms with van der Waals surface area (Å²) in [4.78, 5) is 25.5. The van der Waals surface area contributed by atoms with Gasteiger partial charge in [-0.2, -0.15) is 13.2 Å². The fourth-order valence-corrected chi connectivity index (χ4v) is 3.09. The van der Waals surface area contributed by atoms with Gasteiger partial charge in [0.2, 0.25) is 0 Å². The Morgan fingerprint density at radius 2 is 1.88 bits per heavy atom. The van der Waals surface area contributed by atoms with Gasteiger partial charge < -0.3 is 10.1 Å². The van der Waals surface area contributed by atoms with E-state index in [0.29, 0.717) is 0 Å². The lowest BCUT2D eigenvalue weighted by Crippen LogP contribution is -2.41. The van der Waals surface area contributed by atoms with Crippen molar-refractivity contribution in [3.05, 3.63) is 35.4 Å². The summed E-state index contributed by atoms with van der Waals surface area (Å²) in [5.74, 6) is -1.06. The number of nitrogens with zero attached hydrogens (tertiary/aromatic N) is 1. The van der Waals surface area contributed by atoms with Crippen LogP contribution in [0.1, 0.15) is 35.2 Å². The van der Waals surface area contributed by atoms with Gasteiger partial charge in [0.05, 0.1) is 24.7 Å². The van der Waals surface area contributed by atoms with Crippen molar-refractivity contribution in [2.75, 3.05) is 20.7 Å². The lowest BCUT2D eigenvalue weighted by atomic mass is 10.1. The van der Waals surface area contributed by atoms with Gasteiger partial charge in [-0.25, -0.2) is 0 Å². The Morgan fingerprint density at radius 3 is 2.52 bits per heavy atom. The maximum absolute atomic E-state index is 13.0. The summed E-state index contributed by atoms with van der Waals surface area (Å²) in [5, 5.41) is 2.57. The van der Waals surface area contributed by atoms with Gasteiger partial charge in [0.25, 0.3) is 5.91 Å². The van der Waals surface area contributed by atoms with Crippen molar-refractivity contribution in [3.63, 3.8) is 0 Å². The van der Waals surface area contributed by atoms with Crippen molar-refractivity contribution < 1.29 is 27.5 Å². The molecule has 0 spiro atoms. The fourth-order valence-electron chi connectivity index (χ4n) is 3.09. The molecule has 1 aliphatic heterocycles. The topological polar surface area (TPSA) is 58.6 Å². The smallest absolute Gasteiger partial charge is 0.417 e. The molecular formula is C17H21F3N2O3. The number of carbonyl (C=O) groups excluding carboxylic acids is 2. The molecule has 1 saturated heterocycles. The summed E-state index contributed by atoms with van der Waals surface area (Å²) in [7, 11) is 3.16. The molecule has 0 aliphatic carbocycles. The van der Waals surface area contributed by atoms with Crippen molar-refractivity contribution in [2.45, 2.75) is 37.5 Å². The number of methoxy groups -OCH3 is 1. The van der Waals surface area contributed by atoms with Crippen molar-refractivity contribution in [2.24, 2.45) is 0 Å². The Kier molecular flexibility index (Phi) is 6.05. The number of amides is 1. The van der Waals surface area contributed by atoms with Crippen molar-refractivity contribution in [1.82, 2.24) is 10.2 Å². The number of rotatable bonds is 5. The maximum Gasteiger partial charge on any atom is 0.417 e. The quantitative estimate of drug-likeness (QED) is 0.822. The first-order valence-electron chi connectivity index (χ1n) is 7.97. The van der Waals surface area contributed by atoms with E-state index in [9.17, 15) is 22.8 Å². The predicted molar refractivity (Wildman–Crippen MR) is 85.0 cm³/mol. The van der Waals surface area contributed by atoms with E-state index in [2.05, 4.69) is 10.1 Å². The first kappa shape index (κ1) is 19.2. The molecule has 2 rings (SSSR count). The zero-order chi connectivity index (χ0) is 18.6. The molecule has 138 valence electrons. The monoisotopic (exact) mass is 358 g/mol. The van der Waals surface area contributed by atoms with Crippen molar-refractivity contribution in [3.8, 4) is 0 Å². The lowest BCUT2D eigenvalue weighted by molar-refractivity contribution is -0.141. The highest BCUT2D eigenvalue weighted by Gasteiger charge is 2.36. The molecule has 1 fully saturated rings. The van der Waals surface area contributed by atoms with E-state index < -0.39 is 17.6 Å². The van der Waals surface area contributed by atoms with E-state index in [1.54, 1.807) is 0 Å². The van der Waals surface area contributed by atoms with Gasteiger partial charge in [-0.05, 0) is 32.0 Å². The maximum atomic E-state index is 13.0. The second-order valence-electron chi connectivity index (χ2n) is 6.08. The van der Waals surface area contributed by atoms with Crippen LogP contribution >= 0.6 is 0 Å². The van der Waals surface area contributed by atoms with Crippen LogP contribution in [0.15, 0.2) is 24.3 Å². The van der Waals surface area contributed by atoms with Crippen LogP contribution < -0.4 is 5.32 Å². The molecule has 1 aromatic rings. The van der Waals surface area contributed by atoms with Crippen LogP contribution in [-0.4, -0.2) is 49.6 Å². The SMILES string of the molecule is COC(=O)C[C@H]1CC[C@@H](CNC(=O)c2ccccc2C(F)(F)F)N1C. The third-order valence-corrected chi connectivity index (χ3v) is 4.59. The van der Waals surface area contributed by atoms with E-state index in [1.165, 1.54) is 19.2 Å². The molecule has 2 atom stereocenters. The average Bonchev–Trinajstić information content (AvgIpc) is 2.92. The van der Waals surface area contributed by atoms with Gasteiger partial charge in [0, 0.05) is 18.6 Å². The standard InChI is InChI=1S/C17H21F3N2O3/c1-22-11(9-15(23)25-2)7-8-12(22)10-21-16(24)13-5-3-4-6-14(13)17(18,19)20/h3-6,11-12H,7-10H2,1-2H3,(H,21,24)/t11-,12+/m1/s1. The highest BCUT2D eigenvalue weighted by molar-refractivity contribution is 5.95. The number of benzene rings is 1. The number of likely N-dealkylation sites (N-methyl/N-ethyl adjacent to an activating group) is 1. The highest BCUT2D eigenvalue weighted by Crippen LogP contribution is 2.32. The number of likely N-dealkylation sites (tertiary alicyclic amines) is 1. The normalized spacial score (nSPS) is 21.2. The second-order valence-corrected chi connectivity index (χ2v) is 6.08. The molecule has 1 aromatic carbocycles. The first-order valence-corrected chi connectivity index (χ1v) is 7.97. The Bertz CT molecular complexity index is 634. The van der Waals surface area contributed by atoms with E-state index >= 15 is 0 Å². The summed E-state index contributed by atoms with van der Waals surface area (Å²) in [6.45, 7) is 0.221. The number of halogens is 3. The summed E-state index contributed by atoms with van der Waals surface area (Å²) in [6.07, 6.45) is -2.80. The first-order chi connectivity index (χ1) is 11.7. The number of hydrogen-bond donors (Lipinski definition) is 1. The molecule has 1 N–H and O–H groups in total. The van der Waals surface area contributed by atoms with Gasteiger partial charge >= 0.3 is 12.1 Å². The molecule has 1 amide bonds. The van der Waals surface area contributed by atoms with Crippen LogP contribution in [0.2, 0.25) is 0 Å². The summed E-state index contributed by atoms with van der Waals surface area (Å²) < 4.78 is 43.6. The zero-order valence-electron chi connectivity index (χ0n) is 14.1. The van der Waals surface area contributed by atoms with Crippen LogP contribution in [0.3, 0.4) is 0 Å². The summed E-state index contributed by atoms with van der Waals surface area (Å²) in [5.41, 5.74) is -1.34. The number of hydrogen-bond acceptors (Lipinski definition) is 4. The number of carbonyl (C=O) groups is 2. The van der Waals surface area contributed by atoms with E-state index in [0.717, 1.165) is 25.0 Å². The number of ether oxygens (including phenoxy) is 1. The Morgan fingerprint density at radius 1 is 1.24 bits per heavy atom. The molecule has 0 saturated carbocycles. The van der Waals surface area contributed by atoms with Gasteiger partial charge in [-0.3, -0.25) is 14.5 Å². The van der Waals surface area contributed by atoms with Crippen molar-refractivity contribution in [1.29, 1.82) is 0 Å². The second kappa shape index (κ2) is 7.86. The molecule has 0 radical (unpaired) electrons. The zero-order valence-corrected chi connectivity index (χ0v) is 14.1. The summed E-state index contributed by atoms with van der Waals surface area (Å²) >= 11 is 0. The van der Waals surface area contributed by atoms with Gasteiger partial charge in [-0.1, -0.05) is 12.1 Å². The number of alkyl halides is 3. The van der Waals surface area contributed by atoms with Gasteiger partial charge in [0.15, 0.2) is 0 Å².